The van der Waals surface area contributed by atoms with Gasteiger partial charge in [-0.1, -0.05) is 6.07 Å². The predicted octanol–water partition coefficient (Wildman–Crippen LogP) is 2.24. The summed E-state index contributed by atoms with van der Waals surface area (Å²) in [6.07, 6.45) is 1.42. The van der Waals surface area contributed by atoms with Gasteiger partial charge in [-0.25, -0.2) is 9.78 Å². The SMILES string of the molecule is CC(=O)N1CCn2c1nc(-c1cccc(C)n1)c2-c1ccc(=O)oc1. The van der Waals surface area contributed by atoms with Crippen molar-refractivity contribution in [2.45, 2.75) is 20.4 Å². The molecule has 0 spiro atoms. The summed E-state index contributed by atoms with van der Waals surface area (Å²) < 4.78 is 7.00. The fourth-order valence-electron chi connectivity index (χ4n) is 3.10. The molecule has 0 aromatic carbocycles. The topological polar surface area (TPSA) is 81.2 Å². The van der Waals surface area contributed by atoms with Crippen molar-refractivity contribution in [3.63, 3.8) is 0 Å². The maximum atomic E-state index is 11.9. The molecule has 4 rings (SSSR count). The van der Waals surface area contributed by atoms with Crippen LogP contribution in [-0.2, 0) is 11.3 Å². The largest absolute Gasteiger partial charge is 0.431 e. The summed E-state index contributed by atoms with van der Waals surface area (Å²) in [6.45, 7) is 4.64. The Balaban J connectivity index is 1.97. The molecule has 1 aliphatic rings. The Morgan fingerprint density at radius 3 is 2.68 bits per heavy atom. The maximum Gasteiger partial charge on any atom is 0.335 e. The highest BCUT2D eigenvalue weighted by molar-refractivity contribution is 5.92. The molecular weight excluding hydrogens is 320 g/mol. The zero-order valence-corrected chi connectivity index (χ0v) is 13.9. The number of aryl methyl sites for hydroxylation is 1. The molecule has 0 saturated heterocycles. The third-order valence-electron chi connectivity index (χ3n) is 4.22. The predicted molar refractivity (Wildman–Crippen MR) is 92.2 cm³/mol. The molecular formula is C18H16N4O3. The van der Waals surface area contributed by atoms with Gasteiger partial charge in [-0.3, -0.25) is 14.7 Å². The number of nitrogens with zero attached hydrogens (tertiary/aromatic N) is 4. The van der Waals surface area contributed by atoms with Gasteiger partial charge in [0.15, 0.2) is 0 Å². The number of anilines is 1. The van der Waals surface area contributed by atoms with Crippen molar-refractivity contribution in [2.75, 3.05) is 11.4 Å². The Morgan fingerprint density at radius 2 is 2.00 bits per heavy atom. The molecule has 0 N–H and O–H groups in total. The lowest BCUT2D eigenvalue weighted by Crippen LogP contribution is -2.26. The van der Waals surface area contributed by atoms with Gasteiger partial charge in [0, 0.05) is 37.3 Å². The molecule has 0 radical (unpaired) electrons. The summed E-state index contributed by atoms with van der Waals surface area (Å²) in [5.74, 6) is 0.533. The van der Waals surface area contributed by atoms with E-state index in [2.05, 4.69) is 9.97 Å². The molecule has 4 heterocycles. The van der Waals surface area contributed by atoms with Gasteiger partial charge in [-0.05, 0) is 25.1 Å². The number of fused-ring (bicyclic) bond motifs is 1. The molecule has 0 fully saturated rings. The van der Waals surface area contributed by atoms with E-state index in [0.29, 0.717) is 30.4 Å². The number of hydrogen-bond donors (Lipinski definition) is 0. The Labute approximate surface area is 143 Å². The van der Waals surface area contributed by atoms with Crippen molar-refractivity contribution in [2.24, 2.45) is 0 Å². The second-order valence-corrected chi connectivity index (χ2v) is 5.94. The minimum Gasteiger partial charge on any atom is -0.431 e. The van der Waals surface area contributed by atoms with E-state index >= 15 is 0 Å². The monoisotopic (exact) mass is 336 g/mol. The first-order chi connectivity index (χ1) is 12.0. The zero-order chi connectivity index (χ0) is 17.6. The van der Waals surface area contributed by atoms with Crippen molar-refractivity contribution in [3.8, 4) is 22.6 Å². The fraction of sp³-hybridized carbons (Fsp3) is 0.222. The van der Waals surface area contributed by atoms with Crippen molar-refractivity contribution in [1.82, 2.24) is 14.5 Å². The minimum atomic E-state index is -0.412. The second-order valence-electron chi connectivity index (χ2n) is 5.94. The maximum absolute atomic E-state index is 11.9. The average molecular weight is 336 g/mol. The quantitative estimate of drug-likeness (QED) is 0.717. The molecule has 0 unspecified atom stereocenters. The van der Waals surface area contributed by atoms with Crippen LogP contribution in [0.5, 0.6) is 0 Å². The van der Waals surface area contributed by atoms with Crippen molar-refractivity contribution in [3.05, 3.63) is 52.7 Å². The molecule has 3 aromatic heterocycles. The summed E-state index contributed by atoms with van der Waals surface area (Å²) in [5, 5.41) is 0. The van der Waals surface area contributed by atoms with Gasteiger partial charge in [-0.2, -0.15) is 0 Å². The first kappa shape index (κ1) is 15.3. The van der Waals surface area contributed by atoms with Crippen molar-refractivity contribution >= 4 is 11.9 Å². The van der Waals surface area contributed by atoms with Crippen LogP contribution < -0.4 is 10.5 Å². The molecule has 25 heavy (non-hydrogen) atoms. The van der Waals surface area contributed by atoms with Crippen LogP contribution in [0.4, 0.5) is 5.95 Å². The van der Waals surface area contributed by atoms with Crippen LogP contribution >= 0.6 is 0 Å². The number of carbonyl (C=O) groups excluding carboxylic acids is 1. The third kappa shape index (κ3) is 2.53. The van der Waals surface area contributed by atoms with Gasteiger partial charge in [0.05, 0.1) is 11.4 Å². The van der Waals surface area contributed by atoms with Crippen LogP contribution in [0.15, 0.2) is 45.8 Å². The number of rotatable bonds is 2. The molecule has 3 aromatic rings. The molecule has 0 saturated carbocycles. The summed E-state index contributed by atoms with van der Waals surface area (Å²) in [5.41, 5.74) is 3.36. The molecule has 1 aliphatic heterocycles. The normalized spacial score (nSPS) is 13.1. The van der Waals surface area contributed by atoms with Gasteiger partial charge < -0.3 is 8.98 Å². The van der Waals surface area contributed by atoms with E-state index in [1.54, 1.807) is 11.0 Å². The standard InChI is InChI=1S/C18H16N4O3/c1-11-4-3-5-14(19-11)16-17(13-6-7-15(24)25-10-13)22-9-8-21(12(2)23)18(22)20-16/h3-7,10H,8-9H2,1-2H3. The number of pyridine rings is 1. The number of imidazole rings is 1. The lowest BCUT2D eigenvalue weighted by molar-refractivity contribution is -0.116. The third-order valence-corrected chi connectivity index (χ3v) is 4.22. The average Bonchev–Trinajstić information content (AvgIpc) is 3.14. The van der Waals surface area contributed by atoms with Crippen molar-refractivity contribution in [1.29, 1.82) is 0 Å². The molecule has 0 bridgehead atoms. The Bertz CT molecular complexity index is 1010. The van der Waals surface area contributed by atoms with Crippen LogP contribution in [0, 0.1) is 6.92 Å². The summed E-state index contributed by atoms with van der Waals surface area (Å²) in [4.78, 5) is 34.1. The summed E-state index contributed by atoms with van der Waals surface area (Å²) in [6, 6.07) is 8.79. The summed E-state index contributed by atoms with van der Waals surface area (Å²) >= 11 is 0. The molecule has 7 heteroatoms. The van der Waals surface area contributed by atoms with E-state index < -0.39 is 5.63 Å². The van der Waals surface area contributed by atoms with E-state index in [-0.39, 0.29) is 5.91 Å². The van der Waals surface area contributed by atoms with Gasteiger partial charge >= 0.3 is 5.63 Å². The van der Waals surface area contributed by atoms with Gasteiger partial charge in [0.2, 0.25) is 11.9 Å². The van der Waals surface area contributed by atoms with Crippen molar-refractivity contribution < 1.29 is 9.21 Å². The lowest BCUT2D eigenvalue weighted by Gasteiger charge is -2.09. The first-order valence-electron chi connectivity index (χ1n) is 7.96. The highest BCUT2D eigenvalue weighted by atomic mass is 16.4. The Hall–Kier alpha value is -3.22. The Kier molecular flexibility index (Phi) is 3.49. The molecule has 7 nitrogen and oxygen atoms in total. The molecule has 0 aliphatic carbocycles. The van der Waals surface area contributed by atoms with E-state index in [0.717, 1.165) is 17.0 Å². The van der Waals surface area contributed by atoms with Crippen LogP contribution in [0.3, 0.4) is 0 Å². The van der Waals surface area contributed by atoms with Crippen LogP contribution in [0.2, 0.25) is 0 Å². The number of aromatic nitrogens is 3. The Morgan fingerprint density at radius 1 is 1.16 bits per heavy atom. The lowest BCUT2D eigenvalue weighted by atomic mass is 10.1. The second kappa shape index (κ2) is 5.70. The van der Waals surface area contributed by atoms with Gasteiger partial charge in [0.25, 0.3) is 0 Å². The van der Waals surface area contributed by atoms with Gasteiger partial charge in [0.1, 0.15) is 12.0 Å². The van der Waals surface area contributed by atoms with E-state index in [9.17, 15) is 9.59 Å². The highest BCUT2D eigenvalue weighted by Gasteiger charge is 2.30. The fourth-order valence-corrected chi connectivity index (χ4v) is 3.10. The number of amides is 1. The molecule has 1 amide bonds. The smallest absolute Gasteiger partial charge is 0.335 e. The van der Waals surface area contributed by atoms with E-state index in [1.807, 2.05) is 29.7 Å². The highest BCUT2D eigenvalue weighted by Crippen LogP contribution is 2.37. The van der Waals surface area contributed by atoms with E-state index in [1.165, 1.54) is 19.3 Å². The minimum absolute atomic E-state index is 0.0568. The van der Waals surface area contributed by atoms with E-state index in [4.69, 9.17) is 4.42 Å². The van der Waals surface area contributed by atoms with Gasteiger partial charge in [-0.15, -0.1) is 0 Å². The molecule has 0 atom stereocenters. The molecule has 126 valence electrons. The van der Waals surface area contributed by atoms with Crippen LogP contribution in [0.25, 0.3) is 22.6 Å². The number of carbonyl (C=O) groups is 1. The first-order valence-corrected chi connectivity index (χ1v) is 7.96. The summed E-state index contributed by atoms with van der Waals surface area (Å²) in [7, 11) is 0. The van der Waals surface area contributed by atoms with Crippen LogP contribution in [-0.4, -0.2) is 27.0 Å². The van der Waals surface area contributed by atoms with Crippen LogP contribution in [0.1, 0.15) is 12.6 Å². The number of hydrogen-bond acceptors (Lipinski definition) is 5. The zero-order valence-electron chi connectivity index (χ0n) is 13.9.